The van der Waals surface area contributed by atoms with E-state index in [1.54, 1.807) is 7.05 Å². The molecule has 0 aliphatic heterocycles. The standard InChI is InChI=1S/C17H34N4O2.HI/c1-16(2,3)23-15(22)20-12-8-11-19-14(18-5)21-13-17(4)9-6-7-10-17;/h6-13H2,1-5H3,(H,20,22)(H2,18,19,21);1H. The largest absolute Gasteiger partial charge is 0.444 e. The van der Waals surface area contributed by atoms with Crippen LogP contribution in [-0.4, -0.2) is 44.3 Å². The smallest absolute Gasteiger partial charge is 0.407 e. The zero-order valence-corrected chi connectivity index (χ0v) is 18.2. The van der Waals surface area contributed by atoms with Crippen LogP contribution < -0.4 is 16.0 Å². The Morgan fingerprint density at radius 2 is 1.71 bits per heavy atom. The van der Waals surface area contributed by atoms with E-state index in [9.17, 15) is 4.79 Å². The van der Waals surface area contributed by atoms with Gasteiger partial charge in [0.25, 0.3) is 0 Å². The summed E-state index contributed by atoms with van der Waals surface area (Å²) in [6.45, 7) is 10.2. The number of ether oxygens (including phenoxy) is 1. The second-order valence-electron chi connectivity index (χ2n) is 7.65. The Morgan fingerprint density at radius 3 is 2.25 bits per heavy atom. The van der Waals surface area contributed by atoms with Gasteiger partial charge in [-0.05, 0) is 45.4 Å². The Balaban J connectivity index is 0.00000529. The second-order valence-corrected chi connectivity index (χ2v) is 7.65. The normalized spacial score (nSPS) is 17.0. The number of halogens is 1. The van der Waals surface area contributed by atoms with E-state index in [0.717, 1.165) is 25.5 Å². The summed E-state index contributed by atoms with van der Waals surface area (Å²) < 4.78 is 5.19. The number of nitrogens with zero attached hydrogens (tertiary/aromatic N) is 1. The molecule has 0 bridgehead atoms. The van der Waals surface area contributed by atoms with Gasteiger partial charge in [0.1, 0.15) is 5.60 Å². The molecule has 0 aromatic rings. The molecule has 142 valence electrons. The van der Waals surface area contributed by atoms with Crippen molar-refractivity contribution in [2.75, 3.05) is 26.7 Å². The van der Waals surface area contributed by atoms with Gasteiger partial charge in [-0.3, -0.25) is 4.99 Å². The van der Waals surface area contributed by atoms with E-state index in [-0.39, 0.29) is 30.1 Å². The summed E-state index contributed by atoms with van der Waals surface area (Å²) in [5.74, 6) is 0.829. The lowest BCUT2D eigenvalue weighted by Gasteiger charge is -2.25. The van der Waals surface area contributed by atoms with Crippen LogP contribution in [0.3, 0.4) is 0 Å². The molecular weight excluding hydrogens is 419 g/mol. The summed E-state index contributed by atoms with van der Waals surface area (Å²) in [7, 11) is 1.78. The number of rotatable bonds is 6. The number of guanidine groups is 1. The Labute approximate surface area is 164 Å². The maximum Gasteiger partial charge on any atom is 0.407 e. The molecular formula is C17H35IN4O2. The molecule has 1 rings (SSSR count). The van der Waals surface area contributed by atoms with Crippen LogP contribution in [0.5, 0.6) is 0 Å². The number of aliphatic imine (C=N–C) groups is 1. The third kappa shape index (κ3) is 10.2. The molecule has 0 aromatic carbocycles. The van der Waals surface area contributed by atoms with Crippen molar-refractivity contribution in [3.63, 3.8) is 0 Å². The first-order chi connectivity index (χ1) is 10.7. The molecule has 24 heavy (non-hydrogen) atoms. The zero-order valence-electron chi connectivity index (χ0n) is 15.8. The number of hydrogen-bond donors (Lipinski definition) is 3. The maximum atomic E-state index is 11.5. The van der Waals surface area contributed by atoms with Crippen LogP contribution >= 0.6 is 24.0 Å². The molecule has 0 unspecified atom stereocenters. The van der Waals surface area contributed by atoms with Crippen molar-refractivity contribution in [2.24, 2.45) is 10.4 Å². The maximum absolute atomic E-state index is 11.5. The molecule has 0 radical (unpaired) electrons. The number of carbonyl (C=O) groups is 1. The van der Waals surface area contributed by atoms with E-state index in [0.29, 0.717) is 12.0 Å². The predicted octanol–water partition coefficient (Wildman–Crippen LogP) is 3.26. The number of nitrogens with one attached hydrogen (secondary N) is 3. The number of alkyl carbamates (subject to hydrolysis) is 1. The highest BCUT2D eigenvalue weighted by molar-refractivity contribution is 14.0. The Kier molecular flexibility index (Phi) is 10.7. The minimum Gasteiger partial charge on any atom is -0.444 e. The molecule has 0 spiro atoms. The van der Waals surface area contributed by atoms with Gasteiger partial charge in [-0.2, -0.15) is 0 Å². The van der Waals surface area contributed by atoms with Crippen molar-refractivity contribution in [2.45, 2.75) is 65.4 Å². The van der Waals surface area contributed by atoms with Gasteiger partial charge in [-0.15, -0.1) is 24.0 Å². The zero-order chi connectivity index (χ0) is 17.3. The van der Waals surface area contributed by atoms with E-state index < -0.39 is 5.60 Å². The Bertz CT molecular complexity index is 402. The van der Waals surface area contributed by atoms with E-state index >= 15 is 0 Å². The molecule has 1 aliphatic carbocycles. The van der Waals surface area contributed by atoms with Crippen LogP contribution in [0.15, 0.2) is 4.99 Å². The fourth-order valence-corrected chi connectivity index (χ4v) is 2.72. The lowest BCUT2D eigenvalue weighted by Crippen LogP contribution is -2.43. The molecule has 1 amide bonds. The van der Waals surface area contributed by atoms with Gasteiger partial charge in [0, 0.05) is 26.7 Å². The fraction of sp³-hybridized carbons (Fsp3) is 0.882. The van der Waals surface area contributed by atoms with Crippen molar-refractivity contribution in [3.8, 4) is 0 Å². The average Bonchev–Trinajstić information content (AvgIpc) is 2.87. The quantitative estimate of drug-likeness (QED) is 0.249. The lowest BCUT2D eigenvalue weighted by molar-refractivity contribution is 0.0527. The van der Waals surface area contributed by atoms with Crippen LogP contribution in [-0.2, 0) is 4.74 Å². The summed E-state index contributed by atoms with van der Waals surface area (Å²) in [5, 5.41) is 9.44. The third-order valence-corrected chi connectivity index (χ3v) is 4.03. The topological polar surface area (TPSA) is 74.8 Å². The molecule has 0 atom stereocenters. The van der Waals surface area contributed by atoms with Gasteiger partial charge < -0.3 is 20.7 Å². The molecule has 0 aromatic heterocycles. The molecule has 1 saturated carbocycles. The summed E-state index contributed by atoms with van der Waals surface area (Å²) in [6, 6.07) is 0. The van der Waals surface area contributed by atoms with Gasteiger partial charge in [0.2, 0.25) is 0 Å². The van der Waals surface area contributed by atoms with E-state index in [1.165, 1.54) is 25.7 Å². The van der Waals surface area contributed by atoms with Crippen molar-refractivity contribution in [1.82, 2.24) is 16.0 Å². The van der Waals surface area contributed by atoms with Crippen LogP contribution in [0.4, 0.5) is 4.79 Å². The first kappa shape index (κ1) is 23.3. The van der Waals surface area contributed by atoms with Crippen molar-refractivity contribution < 1.29 is 9.53 Å². The monoisotopic (exact) mass is 454 g/mol. The van der Waals surface area contributed by atoms with Crippen LogP contribution in [0, 0.1) is 5.41 Å². The molecule has 6 nitrogen and oxygen atoms in total. The van der Waals surface area contributed by atoms with Crippen LogP contribution in [0.25, 0.3) is 0 Å². The highest BCUT2D eigenvalue weighted by atomic mass is 127. The van der Waals surface area contributed by atoms with Crippen molar-refractivity contribution >= 4 is 36.0 Å². The van der Waals surface area contributed by atoms with E-state index in [1.807, 2.05) is 20.8 Å². The van der Waals surface area contributed by atoms with E-state index in [2.05, 4.69) is 27.9 Å². The first-order valence-electron chi connectivity index (χ1n) is 8.65. The van der Waals surface area contributed by atoms with Gasteiger partial charge in [-0.25, -0.2) is 4.79 Å². The van der Waals surface area contributed by atoms with Gasteiger partial charge in [0.15, 0.2) is 5.96 Å². The molecule has 0 saturated heterocycles. The van der Waals surface area contributed by atoms with Crippen molar-refractivity contribution in [3.05, 3.63) is 0 Å². The van der Waals surface area contributed by atoms with Gasteiger partial charge in [0.05, 0.1) is 0 Å². The average molecular weight is 454 g/mol. The molecule has 1 fully saturated rings. The predicted molar refractivity (Wildman–Crippen MR) is 110 cm³/mol. The third-order valence-electron chi connectivity index (χ3n) is 4.03. The Hall–Kier alpha value is -0.730. The molecule has 0 heterocycles. The number of hydrogen-bond acceptors (Lipinski definition) is 3. The summed E-state index contributed by atoms with van der Waals surface area (Å²) >= 11 is 0. The van der Waals surface area contributed by atoms with Gasteiger partial charge in [-0.1, -0.05) is 19.8 Å². The summed E-state index contributed by atoms with van der Waals surface area (Å²) in [4.78, 5) is 15.8. The second kappa shape index (κ2) is 11.0. The molecule has 7 heteroatoms. The number of amides is 1. The minimum absolute atomic E-state index is 0. The van der Waals surface area contributed by atoms with E-state index in [4.69, 9.17) is 4.74 Å². The van der Waals surface area contributed by atoms with Crippen molar-refractivity contribution in [1.29, 1.82) is 0 Å². The first-order valence-corrected chi connectivity index (χ1v) is 8.65. The summed E-state index contributed by atoms with van der Waals surface area (Å²) in [6.07, 6.45) is 5.69. The number of carbonyl (C=O) groups excluding carboxylic acids is 1. The molecule has 1 aliphatic rings. The highest BCUT2D eigenvalue weighted by Crippen LogP contribution is 2.36. The summed E-state index contributed by atoms with van der Waals surface area (Å²) in [5.41, 5.74) is -0.0550. The van der Waals surface area contributed by atoms with Crippen LogP contribution in [0.2, 0.25) is 0 Å². The highest BCUT2D eigenvalue weighted by Gasteiger charge is 2.28. The SMILES string of the molecule is CN=C(NCCCNC(=O)OC(C)(C)C)NCC1(C)CCCC1.I. The lowest BCUT2D eigenvalue weighted by atomic mass is 9.89. The van der Waals surface area contributed by atoms with Crippen LogP contribution in [0.1, 0.15) is 59.8 Å². The molecule has 3 N–H and O–H groups in total. The van der Waals surface area contributed by atoms with Gasteiger partial charge >= 0.3 is 6.09 Å². The fourth-order valence-electron chi connectivity index (χ4n) is 2.72. The Morgan fingerprint density at radius 1 is 1.12 bits per heavy atom. The minimum atomic E-state index is -0.454.